The Morgan fingerprint density at radius 2 is 0.723 bits per heavy atom. The molecule has 10 nitrogen and oxygen atoms in total. The van der Waals surface area contributed by atoms with Crippen LogP contribution in [0.25, 0.3) is 222 Å². The average molecular weight is 1350 g/mol. The van der Waals surface area contributed by atoms with Crippen LogP contribution in [0.15, 0.2) is 297 Å². The fraction of sp³-hybridized carbons (Fsp3) is 0. The molecule has 0 radical (unpaired) electrons. The zero-order chi connectivity index (χ0) is 66.1. The summed E-state index contributed by atoms with van der Waals surface area (Å²) >= 11 is 10.0. The Bertz CT molecular complexity index is 7550. The molecule has 24 rings (SSSR count). The summed E-state index contributed by atoms with van der Waals surface area (Å²) in [6, 6.07) is 96.5. The minimum absolute atomic E-state index is 0.178. The second kappa shape index (κ2) is 21.6. The van der Waals surface area contributed by atoms with Crippen LogP contribution >= 0.6 is 34.3 Å². The molecule has 0 aliphatic rings. The number of para-hydroxylation sites is 8. The van der Waals surface area contributed by atoms with Crippen LogP contribution in [-0.2, 0) is 0 Å². The number of aromatic amines is 1. The van der Waals surface area contributed by atoms with Crippen LogP contribution in [0.4, 0.5) is 0 Å². The first kappa shape index (κ1) is 56.3. The number of benzene rings is 14. The quantitative estimate of drug-likeness (QED) is 0.173. The van der Waals surface area contributed by atoms with Gasteiger partial charge < -0.3 is 22.7 Å². The van der Waals surface area contributed by atoms with Gasteiger partial charge >= 0.3 is 0 Å². The third-order valence-corrected chi connectivity index (χ3v) is 22.6. The number of fused-ring (bicyclic) bond motifs is 32. The third-order valence-electron chi connectivity index (χ3n) is 20.1. The van der Waals surface area contributed by atoms with Crippen LogP contribution in [0.1, 0.15) is 0 Å². The highest BCUT2D eigenvalue weighted by Gasteiger charge is 2.28. The molecule has 0 saturated heterocycles. The van der Waals surface area contributed by atoms with Gasteiger partial charge in [0.15, 0.2) is 11.2 Å². The zero-order valence-electron chi connectivity index (χ0n) is 53.1. The van der Waals surface area contributed by atoms with E-state index in [0.29, 0.717) is 34.0 Å². The number of halogens is 1. The van der Waals surface area contributed by atoms with E-state index in [2.05, 4.69) is 202 Å². The number of hydrogen-bond donors (Lipinski definition) is 1. The monoisotopic (exact) mass is 1350 g/mol. The highest BCUT2D eigenvalue weighted by atomic mass is 35.5. The number of nitrogens with one attached hydrogen (secondary N) is 1. The lowest BCUT2D eigenvalue weighted by atomic mass is 10.00. The van der Waals surface area contributed by atoms with E-state index in [0.717, 1.165) is 93.5 Å². The number of thiophene rings is 2. The third kappa shape index (κ3) is 8.26. The normalized spacial score (nSPS) is 12.2. The van der Waals surface area contributed by atoms with Gasteiger partial charge in [-0.05, 0) is 84.4 Å². The summed E-state index contributed by atoms with van der Waals surface area (Å²) in [7, 11) is 0. The maximum absolute atomic E-state index is 6.60. The predicted octanol–water partition coefficient (Wildman–Crippen LogP) is 26.0. The molecule has 0 bridgehead atoms. The molecular formula is C88H47ClN6O4S2. The highest BCUT2D eigenvalue weighted by molar-refractivity contribution is 7.27. The maximum atomic E-state index is 6.60. The fourth-order valence-corrected chi connectivity index (χ4v) is 18.5. The Hall–Kier alpha value is -12.7. The van der Waals surface area contributed by atoms with E-state index < -0.39 is 0 Å². The molecule has 14 aromatic carbocycles. The van der Waals surface area contributed by atoms with Crippen LogP contribution < -0.4 is 0 Å². The molecule has 0 unspecified atom stereocenters. The molecule has 1 N–H and O–H groups in total. The number of nitrogens with zero attached hydrogens (tertiary/aromatic N) is 5. The van der Waals surface area contributed by atoms with Gasteiger partial charge in [-0.15, -0.1) is 22.7 Å². The Labute approximate surface area is 583 Å². The minimum Gasteiger partial charge on any atom is -0.455 e. The largest absolute Gasteiger partial charge is 0.455 e. The van der Waals surface area contributed by atoms with E-state index in [1.807, 2.05) is 120 Å². The Kier molecular flexibility index (Phi) is 12.1. The summed E-state index contributed by atoms with van der Waals surface area (Å²) in [6.07, 6.45) is 0. The summed E-state index contributed by atoms with van der Waals surface area (Å²) in [5.74, 6) is 0.586. The summed E-state index contributed by atoms with van der Waals surface area (Å²) in [6.45, 7) is 0. The van der Waals surface area contributed by atoms with Crippen molar-refractivity contribution in [2.24, 2.45) is 0 Å². The SMILES string of the molecule is Clc1nc(-c2cccc3c2oc2ccccc23)c2oc3ccccc3c2n1.c1ccc2c(c1)[nH]c1c3ccccc3c3sc4ccccc4c3c21.c1ccc2c(c1)oc1c(-c3nc(-n4c5ccccc5c5c6c7ccccc7sc6c6ccccc6c54)nc4c3oc3ccccc34)cccc12. The van der Waals surface area contributed by atoms with Gasteiger partial charge in [-0.3, -0.25) is 4.57 Å². The number of furan rings is 4. The van der Waals surface area contributed by atoms with Gasteiger partial charge in [0.2, 0.25) is 11.2 Å². The lowest BCUT2D eigenvalue weighted by Gasteiger charge is -2.11. The van der Waals surface area contributed by atoms with Crippen LogP contribution in [0.2, 0.25) is 5.28 Å². The molecule has 13 heteroatoms. The Morgan fingerprint density at radius 3 is 1.32 bits per heavy atom. The number of rotatable bonds is 3. The molecule has 0 saturated carbocycles. The fourth-order valence-electron chi connectivity index (χ4n) is 15.8. The Morgan fingerprint density at radius 1 is 0.307 bits per heavy atom. The summed E-state index contributed by atoms with van der Waals surface area (Å²) in [4.78, 5) is 23.4. The van der Waals surface area contributed by atoms with E-state index in [1.165, 1.54) is 94.5 Å². The second-order valence-corrected chi connectivity index (χ2v) is 28.0. The molecule has 10 heterocycles. The van der Waals surface area contributed by atoms with E-state index in [9.17, 15) is 0 Å². The van der Waals surface area contributed by atoms with Crippen molar-refractivity contribution in [3.05, 3.63) is 284 Å². The van der Waals surface area contributed by atoms with Crippen molar-refractivity contribution in [2.45, 2.75) is 0 Å². The van der Waals surface area contributed by atoms with Gasteiger partial charge in [0, 0.05) is 132 Å². The molecule has 10 aromatic heterocycles. The van der Waals surface area contributed by atoms with Crippen molar-refractivity contribution in [3.8, 4) is 28.5 Å². The van der Waals surface area contributed by atoms with E-state index in [4.69, 9.17) is 39.2 Å². The van der Waals surface area contributed by atoms with Crippen LogP contribution in [0.3, 0.4) is 0 Å². The van der Waals surface area contributed by atoms with Crippen molar-refractivity contribution in [1.82, 2.24) is 29.5 Å². The standard InChI is InChI=1S/C44H23N3O2S.C22H11ClN2O2.C22H13NS/c1-2-14-27-25(13-1)40-36(37-30-17-6-10-23-35(30)50-43(27)37)28-15-3-7-20-32(28)47(40)44-45-38-29-16-5-9-22-34(29)49-42(38)39(46-44)31-19-11-18-26-24-12-4-8-21-33(24)48-41(26)31;23-22-24-18-14-7-2-4-11-17(14)27-21(18)19(25-22)15-9-5-8-13-12-6-1-3-10-16(12)26-20(13)15;1-2-8-14-13(7-1)21-19(15-9-3-5-11-17(15)23-21)20-16-10-4-6-12-18(16)24-22(14)20/h1-23H;1-11H;1-12,23H. The van der Waals surface area contributed by atoms with Crippen LogP contribution in [0.5, 0.6) is 0 Å². The van der Waals surface area contributed by atoms with Crippen molar-refractivity contribution in [1.29, 1.82) is 0 Å². The number of hydrogen-bond acceptors (Lipinski definition) is 10. The maximum Gasteiger partial charge on any atom is 0.236 e. The molecule has 24 aromatic rings. The van der Waals surface area contributed by atoms with E-state index >= 15 is 0 Å². The van der Waals surface area contributed by atoms with E-state index in [-0.39, 0.29) is 5.28 Å². The van der Waals surface area contributed by atoms with Gasteiger partial charge in [-0.25, -0.2) is 19.9 Å². The van der Waals surface area contributed by atoms with Gasteiger partial charge in [-0.1, -0.05) is 206 Å². The highest BCUT2D eigenvalue weighted by Crippen LogP contribution is 2.51. The molecule has 0 fully saturated rings. The molecule has 0 aliphatic carbocycles. The summed E-state index contributed by atoms with van der Waals surface area (Å²) in [5, 5.41) is 21.6. The zero-order valence-corrected chi connectivity index (χ0v) is 55.5. The topological polar surface area (TPSA) is 125 Å². The molecule has 0 amide bonds. The molecule has 0 spiro atoms. The predicted molar refractivity (Wildman–Crippen MR) is 420 cm³/mol. The van der Waals surface area contributed by atoms with Crippen molar-refractivity contribution >= 4 is 228 Å². The first-order valence-corrected chi connectivity index (χ1v) is 35.4. The smallest absolute Gasteiger partial charge is 0.236 e. The molecule has 0 atom stereocenters. The lowest BCUT2D eigenvalue weighted by Crippen LogP contribution is -2.03. The Balaban J connectivity index is 0.000000106. The minimum atomic E-state index is 0.178. The number of H-pyrrole nitrogens is 1. The van der Waals surface area contributed by atoms with Gasteiger partial charge in [0.05, 0.1) is 16.6 Å². The van der Waals surface area contributed by atoms with Gasteiger partial charge in [0.1, 0.15) is 55.9 Å². The van der Waals surface area contributed by atoms with Gasteiger partial charge in [-0.2, -0.15) is 0 Å². The molecule has 101 heavy (non-hydrogen) atoms. The molecular weight excluding hydrogens is 1300 g/mol. The average Bonchev–Trinajstić information content (AvgIpc) is 1.56. The summed E-state index contributed by atoms with van der Waals surface area (Å²) in [5.41, 5.74) is 15.1. The second-order valence-electron chi connectivity index (χ2n) is 25.5. The molecule has 472 valence electrons. The van der Waals surface area contributed by atoms with Crippen LogP contribution in [0, 0.1) is 0 Å². The van der Waals surface area contributed by atoms with Crippen molar-refractivity contribution in [2.75, 3.05) is 0 Å². The first-order valence-electron chi connectivity index (χ1n) is 33.4. The molecule has 0 aliphatic heterocycles. The van der Waals surface area contributed by atoms with E-state index in [1.54, 1.807) is 0 Å². The first-order chi connectivity index (χ1) is 50.0. The van der Waals surface area contributed by atoms with Crippen molar-refractivity contribution in [3.63, 3.8) is 0 Å². The van der Waals surface area contributed by atoms with Crippen molar-refractivity contribution < 1.29 is 17.7 Å². The van der Waals surface area contributed by atoms with Crippen LogP contribution in [-0.4, -0.2) is 29.5 Å². The van der Waals surface area contributed by atoms with Gasteiger partial charge in [0.25, 0.3) is 0 Å². The number of aromatic nitrogens is 6. The summed E-state index contributed by atoms with van der Waals surface area (Å²) < 4.78 is 33.0. The lowest BCUT2D eigenvalue weighted by molar-refractivity contribution is 0.662.